The molecule has 0 aromatic heterocycles. The van der Waals surface area contributed by atoms with Gasteiger partial charge in [0, 0.05) is 0 Å². The van der Waals surface area contributed by atoms with Gasteiger partial charge >= 0.3 is 61.7 Å². The predicted molar refractivity (Wildman–Crippen MR) is 31.6 cm³/mol. The molecule has 0 atom stereocenters. The molecule has 14 heavy (non-hydrogen) atoms. The van der Waals surface area contributed by atoms with Crippen molar-refractivity contribution in [1.29, 1.82) is 0 Å². The maximum absolute atomic E-state index is 11.8. The first kappa shape index (κ1) is 16.7. The topological polar surface area (TPSA) is 37.3 Å². The van der Waals surface area contributed by atoms with Crippen molar-refractivity contribution < 1.29 is 43.5 Å². The molecule has 1 N–H and O–H groups in total. The molecule has 82 valence electrons. The van der Waals surface area contributed by atoms with Crippen LogP contribution in [-0.2, 0) is 4.79 Å². The minimum atomic E-state index is -6.60. The minimum absolute atomic E-state index is 0. The van der Waals surface area contributed by atoms with Gasteiger partial charge in [0.1, 0.15) is 0 Å². The number of rotatable bonds is 2. The van der Waals surface area contributed by atoms with Crippen LogP contribution in [0.3, 0.4) is 0 Å². The molecule has 2 nitrogen and oxygen atoms in total. The first-order valence-electron chi connectivity index (χ1n) is 2.50. The first-order chi connectivity index (χ1) is 5.44. The maximum atomic E-state index is 11.8. The van der Waals surface area contributed by atoms with Gasteiger partial charge in [-0.15, -0.1) is 0 Å². The van der Waals surface area contributed by atoms with Gasteiger partial charge in [0.2, 0.25) is 0 Å². The van der Waals surface area contributed by atoms with Crippen LogP contribution in [0.1, 0.15) is 2.85 Å². The maximum Gasteiger partial charge on any atom is 2.00 e. The average Bonchev–Trinajstić information content (AvgIpc) is 1.84. The molecule has 0 bridgehead atoms. The third kappa shape index (κ3) is 2.63. The van der Waals surface area contributed by atoms with Crippen LogP contribution >= 0.6 is 0 Å². The number of carboxylic acids is 1. The quantitative estimate of drug-likeness (QED) is 0.603. The number of halogens is 7. The van der Waals surface area contributed by atoms with Crippen LogP contribution in [0.4, 0.5) is 30.7 Å². The summed E-state index contributed by atoms with van der Waals surface area (Å²) in [5, 5.41) is 7.41. The summed E-state index contributed by atoms with van der Waals surface area (Å²) in [7, 11) is 0. The Balaban J connectivity index is -0.000000240. The van der Waals surface area contributed by atoms with E-state index in [4.69, 9.17) is 5.11 Å². The molecule has 0 heterocycles. The van der Waals surface area contributed by atoms with E-state index in [0.717, 1.165) is 0 Å². The van der Waals surface area contributed by atoms with Crippen molar-refractivity contribution in [3.05, 3.63) is 0 Å². The number of carboxylic acid groups (broad SMARTS) is 1. The molecule has 0 saturated heterocycles. The molecule has 0 amide bonds. The largest absolute Gasteiger partial charge is 2.00 e. The second-order valence-corrected chi connectivity index (χ2v) is 1.95. The second-order valence-electron chi connectivity index (χ2n) is 1.95. The summed E-state index contributed by atoms with van der Waals surface area (Å²) >= 11 is 0. The van der Waals surface area contributed by atoms with Crippen molar-refractivity contribution in [3.8, 4) is 0 Å². The van der Waals surface area contributed by atoms with E-state index in [9.17, 15) is 35.5 Å². The van der Waals surface area contributed by atoms with Crippen LogP contribution < -0.4 is 0 Å². The first-order valence-corrected chi connectivity index (χ1v) is 2.50. The summed E-state index contributed by atoms with van der Waals surface area (Å²) in [4.78, 5) is 9.38. The molecular formula is C4H3CaF7O2. The third-order valence-electron chi connectivity index (χ3n) is 1.02. The predicted octanol–water partition coefficient (Wildman–Crippen LogP) is 1.75. The van der Waals surface area contributed by atoms with E-state index < -0.39 is 24.0 Å². The summed E-state index contributed by atoms with van der Waals surface area (Å²) in [6, 6.07) is 0. The molecule has 10 heteroatoms. The van der Waals surface area contributed by atoms with E-state index in [2.05, 4.69) is 0 Å². The molecule has 0 aliphatic rings. The Hall–Kier alpha value is 0.240. The molecule has 0 aliphatic carbocycles. The molecule has 0 aromatic rings. The Labute approximate surface area is 105 Å². The fourth-order valence-corrected chi connectivity index (χ4v) is 0.312. The average molecular weight is 256 g/mol. The zero-order chi connectivity index (χ0) is 11.1. The van der Waals surface area contributed by atoms with Gasteiger partial charge in [-0.1, -0.05) is 0 Å². The Bertz CT molecular complexity index is 231. The number of carbonyl (C=O) groups is 1. The Morgan fingerprint density at radius 1 is 1.00 bits per heavy atom. The van der Waals surface area contributed by atoms with Crippen molar-refractivity contribution >= 4 is 43.7 Å². The van der Waals surface area contributed by atoms with E-state index >= 15 is 0 Å². The van der Waals surface area contributed by atoms with Crippen molar-refractivity contribution in [1.82, 2.24) is 0 Å². The molecule has 0 rings (SSSR count). The standard InChI is InChI=1S/C4HF7O2.Ca.2H/c5-2(6,1(12)13)3(7,8)4(9,10)11;;;/h(H,12,13);;;/q;+2;2*-1. The van der Waals surface area contributed by atoms with Crippen LogP contribution in [0.15, 0.2) is 0 Å². The third-order valence-corrected chi connectivity index (χ3v) is 1.02. The van der Waals surface area contributed by atoms with E-state index in [1.807, 2.05) is 0 Å². The normalized spacial score (nSPS) is 13.4. The summed E-state index contributed by atoms with van der Waals surface area (Å²) in [6.07, 6.45) is -6.60. The van der Waals surface area contributed by atoms with Gasteiger partial charge in [0.05, 0.1) is 0 Å². The number of hydrogen-bond acceptors (Lipinski definition) is 1. The van der Waals surface area contributed by atoms with Crippen LogP contribution in [0, 0.1) is 0 Å². The van der Waals surface area contributed by atoms with Gasteiger partial charge in [-0.2, -0.15) is 30.7 Å². The smallest absolute Gasteiger partial charge is 1.00 e. The fourth-order valence-electron chi connectivity index (χ4n) is 0.312. The van der Waals surface area contributed by atoms with Gasteiger partial charge < -0.3 is 7.96 Å². The van der Waals surface area contributed by atoms with Crippen LogP contribution in [0.25, 0.3) is 0 Å². The van der Waals surface area contributed by atoms with E-state index in [-0.39, 0.29) is 40.6 Å². The zero-order valence-electron chi connectivity index (χ0n) is 8.21. The van der Waals surface area contributed by atoms with Gasteiger partial charge in [0.15, 0.2) is 0 Å². The number of aliphatic carboxylic acids is 1. The Morgan fingerprint density at radius 3 is 1.36 bits per heavy atom. The molecule has 0 spiro atoms. The van der Waals surface area contributed by atoms with Gasteiger partial charge in [-0.05, 0) is 0 Å². The van der Waals surface area contributed by atoms with Gasteiger partial charge in [0.25, 0.3) is 0 Å². The summed E-state index contributed by atoms with van der Waals surface area (Å²) in [6.45, 7) is 0. The van der Waals surface area contributed by atoms with Crippen LogP contribution in [0.2, 0.25) is 0 Å². The summed E-state index contributed by atoms with van der Waals surface area (Å²) in [5.41, 5.74) is 0. The summed E-state index contributed by atoms with van der Waals surface area (Å²) < 4.78 is 80.5. The molecule has 0 aromatic carbocycles. The Morgan fingerprint density at radius 2 is 1.29 bits per heavy atom. The monoisotopic (exact) mass is 256 g/mol. The summed E-state index contributed by atoms with van der Waals surface area (Å²) in [5.74, 6) is -16.3. The number of alkyl halides is 7. The number of hydrogen-bond donors (Lipinski definition) is 1. The van der Waals surface area contributed by atoms with Crippen LogP contribution in [0.5, 0.6) is 0 Å². The molecular weight excluding hydrogens is 253 g/mol. The molecule has 0 saturated carbocycles. The van der Waals surface area contributed by atoms with E-state index in [1.165, 1.54) is 0 Å². The van der Waals surface area contributed by atoms with Gasteiger partial charge in [-0.3, -0.25) is 0 Å². The minimum Gasteiger partial charge on any atom is -1.00 e. The van der Waals surface area contributed by atoms with E-state index in [1.54, 1.807) is 0 Å². The zero-order valence-corrected chi connectivity index (χ0v) is 8.42. The molecule has 0 unspecified atom stereocenters. The van der Waals surface area contributed by atoms with Gasteiger partial charge in [-0.25, -0.2) is 4.79 Å². The molecule has 0 aliphatic heterocycles. The van der Waals surface area contributed by atoms with Crippen molar-refractivity contribution in [2.24, 2.45) is 0 Å². The fraction of sp³-hybridized carbons (Fsp3) is 0.750. The Kier molecular flexibility index (Phi) is 5.23. The molecule has 0 fully saturated rings. The van der Waals surface area contributed by atoms with Crippen molar-refractivity contribution in [2.45, 2.75) is 18.0 Å². The molecule has 0 radical (unpaired) electrons. The SMILES string of the molecule is O=C(O)C(F)(F)C(F)(F)C(F)(F)F.[Ca+2].[H-].[H-]. The van der Waals surface area contributed by atoms with Crippen LogP contribution in [-0.4, -0.2) is 66.8 Å². The van der Waals surface area contributed by atoms with E-state index in [0.29, 0.717) is 0 Å². The van der Waals surface area contributed by atoms with Crippen molar-refractivity contribution in [2.75, 3.05) is 0 Å². The van der Waals surface area contributed by atoms with Crippen molar-refractivity contribution in [3.63, 3.8) is 0 Å². The second kappa shape index (κ2) is 4.40.